The molecule has 0 fully saturated rings. The van der Waals surface area contributed by atoms with Crippen molar-refractivity contribution >= 4 is 5.97 Å². The normalized spacial score (nSPS) is 12.9. The van der Waals surface area contributed by atoms with Gasteiger partial charge in [-0.1, -0.05) is 12.5 Å². The Morgan fingerprint density at radius 2 is 2.14 bits per heavy atom. The minimum Gasteiger partial charge on any atom is -0.480 e. The molecule has 0 aromatic heterocycles. The molecule has 0 aliphatic heterocycles. The average Bonchev–Trinajstić information content (AvgIpc) is 2.10. The van der Waals surface area contributed by atoms with Gasteiger partial charge in [-0.3, -0.25) is 9.69 Å². The molecule has 0 saturated heterocycles. The van der Waals surface area contributed by atoms with E-state index in [0.29, 0.717) is 6.04 Å². The highest BCUT2D eigenvalue weighted by atomic mass is 16.4. The van der Waals surface area contributed by atoms with Crippen molar-refractivity contribution in [3.8, 4) is 0 Å². The van der Waals surface area contributed by atoms with Gasteiger partial charge in [-0.15, -0.1) is 6.58 Å². The lowest BCUT2D eigenvalue weighted by Crippen LogP contribution is -2.37. The smallest absolute Gasteiger partial charge is 0.317 e. The van der Waals surface area contributed by atoms with Crippen LogP contribution in [-0.4, -0.2) is 35.1 Å². The van der Waals surface area contributed by atoms with E-state index < -0.39 is 5.97 Å². The van der Waals surface area contributed by atoms with Gasteiger partial charge in [-0.25, -0.2) is 0 Å². The molecule has 0 rings (SSSR count). The van der Waals surface area contributed by atoms with Crippen LogP contribution < -0.4 is 0 Å². The third-order valence-electron chi connectivity index (χ3n) is 2.38. The van der Waals surface area contributed by atoms with Crippen LogP contribution in [0.2, 0.25) is 0 Å². The maximum Gasteiger partial charge on any atom is 0.317 e. The molecule has 0 aliphatic rings. The summed E-state index contributed by atoms with van der Waals surface area (Å²) in [7, 11) is 0. The van der Waals surface area contributed by atoms with E-state index in [1.807, 2.05) is 11.8 Å². The summed E-state index contributed by atoms with van der Waals surface area (Å²) in [5.74, 6) is -0.757. The van der Waals surface area contributed by atoms with Crippen LogP contribution in [0.4, 0.5) is 0 Å². The van der Waals surface area contributed by atoms with E-state index in [1.54, 1.807) is 0 Å². The molecule has 1 atom stereocenters. The molecule has 3 nitrogen and oxygen atoms in total. The first-order chi connectivity index (χ1) is 6.47. The summed E-state index contributed by atoms with van der Waals surface area (Å²) in [6, 6.07) is 0.324. The predicted molar refractivity (Wildman–Crippen MR) is 58.4 cm³/mol. The van der Waals surface area contributed by atoms with Crippen LogP contribution >= 0.6 is 0 Å². The first-order valence-electron chi connectivity index (χ1n) is 5.07. The first-order valence-corrected chi connectivity index (χ1v) is 5.07. The predicted octanol–water partition coefficient (Wildman–Crippen LogP) is 2.14. The van der Waals surface area contributed by atoms with Gasteiger partial charge in [0.2, 0.25) is 0 Å². The quantitative estimate of drug-likeness (QED) is 0.639. The summed E-state index contributed by atoms with van der Waals surface area (Å²) in [6.07, 6.45) is 1.85. The Bertz CT molecular complexity index is 201. The molecule has 0 heterocycles. The van der Waals surface area contributed by atoms with E-state index in [1.165, 1.54) is 0 Å². The van der Waals surface area contributed by atoms with Crippen LogP contribution in [0.15, 0.2) is 12.2 Å². The Kier molecular flexibility index (Phi) is 6.21. The van der Waals surface area contributed by atoms with Gasteiger partial charge < -0.3 is 5.11 Å². The van der Waals surface area contributed by atoms with Crippen molar-refractivity contribution in [1.29, 1.82) is 0 Å². The van der Waals surface area contributed by atoms with Crippen molar-refractivity contribution in [3.05, 3.63) is 12.2 Å². The number of carboxylic acids is 1. The van der Waals surface area contributed by atoms with Crippen molar-refractivity contribution in [1.82, 2.24) is 4.90 Å². The summed E-state index contributed by atoms with van der Waals surface area (Å²) >= 11 is 0. The van der Waals surface area contributed by atoms with Gasteiger partial charge in [-0.05, 0) is 26.7 Å². The lowest BCUT2D eigenvalue weighted by atomic mass is 10.1. The number of hydrogen-bond donors (Lipinski definition) is 1. The van der Waals surface area contributed by atoms with Gasteiger partial charge in [0, 0.05) is 12.6 Å². The zero-order valence-corrected chi connectivity index (χ0v) is 9.42. The van der Waals surface area contributed by atoms with E-state index >= 15 is 0 Å². The maximum atomic E-state index is 10.6. The van der Waals surface area contributed by atoms with Crippen LogP contribution in [0.5, 0.6) is 0 Å². The standard InChI is InChI=1S/C11H21NO2/c1-5-10(4)12(8-11(13)14)7-6-9(2)3/h10H,2,5-8H2,1,3-4H3,(H,13,14). The fourth-order valence-electron chi connectivity index (χ4n) is 1.22. The second-order valence-corrected chi connectivity index (χ2v) is 3.83. The summed E-state index contributed by atoms with van der Waals surface area (Å²) in [5, 5.41) is 8.73. The number of hydrogen-bond acceptors (Lipinski definition) is 2. The fraction of sp³-hybridized carbons (Fsp3) is 0.727. The van der Waals surface area contributed by atoms with E-state index in [9.17, 15) is 4.79 Å². The van der Waals surface area contributed by atoms with Gasteiger partial charge in [0.05, 0.1) is 6.54 Å². The van der Waals surface area contributed by atoms with Gasteiger partial charge in [0.15, 0.2) is 0 Å². The lowest BCUT2D eigenvalue weighted by molar-refractivity contribution is -0.138. The molecule has 0 bridgehead atoms. The number of aliphatic carboxylic acids is 1. The number of carbonyl (C=O) groups is 1. The average molecular weight is 199 g/mol. The van der Waals surface area contributed by atoms with Gasteiger partial charge in [0.25, 0.3) is 0 Å². The van der Waals surface area contributed by atoms with Crippen LogP contribution in [0.25, 0.3) is 0 Å². The van der Waals surface area contributed by atoms with Crippen LogP contribution in [0.1, 0.15) is 33.6 Å². The Morgan fingerprint density at radius 3 is 2.50 bits per heavy atom. The summed E-state index contributed by atoms with van der Waals surface area (Å²) in [4.78, 5) is 12.6. The van der Waals surface area contributed by atoms with Crippen molar-refractivity contribution in [2.24, 2.45) is 0 Å². The highest BCUT2D eigenvalue weighted by molar-refractivity contribution is 5.69. The molecule has 0 radical (unpaired) electrons. The second kappa shape index (κ2) is 6.60. The van der Waals surface area contributed by atoms with E-state index in [2.05, 4.69) is 20.4 Å². The molecule has 0 spiro atoms. The summed E-state index contributed by atoms with van der Waals surface area (Å²) < 4.78 is 0. The lowest BCUT2D eigenvalue weighted by Gasteiger charge is -2.26. The fourth-order valence-corrected chi connectivity index (χ4v) is 1.22. The van der Waals surface area contributed by atoms with Crippen molar-refractivity contribution in [3.63, 3.8) is 0 Å². The van der Waals surface area contributed by atoms with Crippen LogP contribution in [0.3, 0.4) is 0 Å². The molecule has 0 amide bonds. The van der Waals surface area contributed by atoms with Crippen LogP contribution in [0, 0.1) is 0 Å². The molecular weight excluding hydrogens is 178 g/mol. The largest absolute Gasteiger partial charge is 0.480 e. The molecule has 82 valence electrons. The summed E-state index contributed by atoms with van der Waals surface area (Å²) in [6.45, 7) is 10.8. The van der Waals surface area contributed by atoms with Crippen molar-refractivity contribution in [2.45, 2.75) is 39.7 Å². The minimum absolute atomic E-state index is 0.127. The third-order valence-corrected chi connectivity index (χ3v) is 2.38. The highest BCUT2D eigenvalue weighted by Gasteiger charge is 2.14. The zero-order chi connectivity index (χ0) is 11.1. The molecule has 3 heteroatoms. The molecule has 0 aliphatic carbocycles. The Labute approximate surface area is 86.4 Å². The zero-order valence-electron chi connectivity index (χ0n) is 9.42. The SMILES string of the molecule is C=C(C)CCN(CC(=O)O)C(C)CC. The molecular formula is C11H21NO2. The second-order valence-electron chi connectivity index (χ2n) is 3.83. The monoisotopic (exact) mass is 199 g/mol. The topological polar surface area (TPSA) is 40.5 Å². The molecule has 1 unspecified atom stereocenters. The first kappa shape index (κ1) is 13.2. The highest BCUT2D eigenvalue weighted by Crippen LogP contribution is 2.06. The van der Waals surface area contributed by atoms with E-state index in [4.69, 9.17) is 5.11 Å². The van der Waals surface area contributed by atoms with Gasteiger partial charge >= 0.3 is 5.97 Å². The minimum atomic E-state index is -0.757. The van der Waals surface area contributed by atoms with Crippen molar-refractivity contribution in [2.75, 3.05) is 13.1 Å². The Morgan fingerprint density at radius 1 is 1.57 bits per heavy atom. The summed E-state index contributed by atoms with van der Waals surface area (Å²) in [5.41, 5.74) is 1.10. The van der Waals surface area contributed by atoms with E-state index in [0.717, 1.165) is 25.0 Å². The van der Waals surface area contributed by atoms with E-state index in [-0.39, 0.29) is 6.54 Å². The number of rotatable bonds is 7. The van der Waals surface area contributed by atoms with Gasteiger partial charge in [0.1, 0.15) is 0 Å². The third kappa shape index (κ3) is 5.75. The number of nitrogens with zero attached hydrogens (tertiary/aromatic N) is 1. The van der Waals surface area contributed by atoms with Crippen molar-refractivity contribution < 1.29 is 9.90 Å². The van der Waals surface area contributed by atoms with Crippen LogP contribution in [-0.2, 0) is 4.79 Å². The Balaban J connectivity index is 4.09. The molecule has 0 aromatic carbocycles. The molecule has 0 saturated carbocycles. The van der Waals surface area contributed by atoms with Gasteiger partial charge in [-0.2, -0.15) is 0 Å². The maximum absolute atomic E-state index is 10.6. The molecule has 1 N–H and O–H groups in total. The molecule has 14 heavy (non-hydrogen) atoms. The Hall–Kier alpha value is -0.830. The number of carboxylic acid groups (broad SMARTS) is 1. The molecule has 0 aromatic rings.